The number of benzene rings is 3. The van der Waals surface area contributed by atoms with Crippen molar-refractivity contribution in [3.05, 3.63) is 68.2 Å². The Morgan fingerprint density at radius 2 is 1.37 bits per heavy atom. The van der Waals surface area contributed by atoms with Gasteiger partial charge in [-0.05, 0) is 42.1 Å². The van der Waals surface area contributed by atoms with Gasteiger partial charge in [-0.2, -0.15) is 10.5 Å². The molecule has 0 radical (unpaired) electrons. The fourth-order valence-corrected chi connectivity index (χ4v) is 6.81. The van der Waals surface area contributed by atoms with Crippen LogP contribution in [-0.4, -0.2) is 4.57 Å². The van der Waals surface area contributed by atoms with Crippen LogP contribution < -0.4 is 11.1 Å². The minimum absolute atomic E-state index is 0.262. The molecule has 0 atom stereocenters. The summed E-state index contributed by atoms with van der Waals surface area (Å²) in [5.74, 6) is 0. The number of pyridine rings is 1. The van der Waals surface area contributed by atoms with Gasteiger partial charge in [-0.15, -0.1) is 11.3 Å². The lowest BCUT2D eigenvalue weighted by Gasteiger charge is -2.15. The van der Waals surface area contributed by atoms with Gasteiger partial charge < -0.3 is 0 Å². The number of rotatable bonds is 11. The maximum absolute atomic E-state index is 13.6. The second-order valence-electron chi connectivity index (χ2n) is 10.2. The lowest BCUT2D eigenvalue weighted by Crippen LogP contribution is -2.33. The van der Waals surface area contributed by atoms with Crippen LogP contribution in [0.5, 0.6) is 0 Å². The fourth-order valence-electron chi connectivity index (χ4n) is 5.65. The summed E-state index contributed by atoms with van der Waals surface area (Å²) in [4.78, 5) is 27.1. The van der Waals surface area contributed by atoms with E-state index >= 15 is 0 Å². The number of nitriles is 2. The highest BCUT2D eigenvalue weighted by Crippen LogP contribution is 2.41. The van der Waals surface area contributed by atoms with Gasteiger partial charge in [0, 0.05) is 32.8 Å². The van der Waals surface area contributed by atoms with Gasteiger partial charge >= 0.3 is 0 Å². The molecular formula is C32H31N3O2S. The first kappa shape index (κ1) is 25.9. The third kappa shape index (κ3) is 4.66. The first-order valence-corrected chi connectivity index (χ1v) is 14.5. The maximum atomic E-state index is 13.6. The zero-order chi connectivity index (χ0) is 26.6. The Kier molecular flexibility index (Phi) is 7.72. The molecule has 0 fully saturated rings. The number of unbranched alkanes of at least 4 members (excludes halogenated alkanes) is 9. The molecule has 0 saturated heterocycles. The Labute approximate surface area is 225 Å². The molecule has 0 aliphatic heterocycles. The summed E-state index contributed by atoms with van der Waals surface area (Å²) in [5, 5.41) is 23.5. The molecule has 0 amide bonds. The van der Waals surface area contributed by atoms with Gasteiger partial charge in [-0.25, -0.2) is 0 Å². The van der Waals surface area contributed by atoms with Crippen molar-refractivity contribution in [1.29, 1.82) is 10.5 Å². The number of hydrogen-bond donors (Lipinski definition) is 0. The smallest absolute Gasteiger partial charge is 0.261 e. The number of aromatic nitrogens is 1. The van der Waals surface area contributed by atoms with Crippen molar-refractivity contribution in [2.75, 3.05) is 0 Å². The Morgan fingerprint density at radius 3 is 2.05 bits per heavy atom. The minimum Gasteiger partial charge on any atom is -0.274 e. The minimum atomic E-state index is -0.319. The highest BCUT2D eigenvalue weighted by atomic mass is 32.1. The van der Waals surface area contributed by atoms with Gasteiger partial charge in [0.1, 0.15) is 6.07 Å². The van der Waals surface area contributed by atoms with Gasteiger partial charge in [0.2, 0.25) is 0 Å². The van der Waals surface area contributed by atoms with Gasteiger partial charge in [0.25, 0.3) is 11.1 Å². The number of nitrogens with zero attached hydrogens (tertiary/aromatic N) is 3. The quantitative estimate of drug-likeness (QED) is 0.100. The van der Waals surface area contributed by atoms with E-state index < -0.39 is 0 Å². The Balaban J connectivity index is 1.49. The highest BCUT2D eigenvalue weighted by molar-refractivity contribution is 7.25. The summed E-state index contributed by atoms with van der Waals surface area (Å²) in [7, 11) is 0. The molecule has 0 N–H and O–H groups in total. The lowest BCUT2D eigenvalue weighted by atomic mass is 9.95. The molecule has 192 valence electrons. The Bertz CT molecular complexity index is 1840. The van der Waals surface area contributed by atoms with E-state index in [1.54, 1.807) is 18.2 Å². The zero-order valence-corrected chi connectivity index (χ0v) is 22.6. The van der Waals surface area contributed by atoms with Crippen molar-refractivity contribution in [2.45, 2.75) is 77.7 Å². The molecule has 6 heteroatoms. The van der Waals surface area contributed by atoms with Crippen molar-refractivity contribution in [1.82, 2.24) is 4.57 Å². The van der Waals surface area contributed by atoms with Crippen LogP contribution in [0.25, 0.3) is 41.7 Å². The third-order valence-corrected chi connectivity index (χ3v) is 8.86. The summed E-state index contributed by atoms with van der Waals surface area (Å²) in [6.07, 6.45) is 11.8. The van der Waals surface area contributed by atoms with Crippen molar-refractivity contribution >= 4 is 53.1 Å². The number of hydrogen-bond acceptors (Lipinski definition) is 5. The molecule has 0 aliphatic carbocycles. The molecule has 38 heavy (non-hydrogen) atoms. The average molecular weight is 522 g/mol. The normalized spacial score (nSPS) is 11.6. The molecule has 0 unspecified atom stereocenters. The second-order valence-corrected chi connectivity index (χ2v) is 11.2. The Hall–Kier alpha value is -3.74. The third-order valence-electron chi connectivity index (χ3n) is 7.65. The van der Waals surface area contributed by atoms with E-state index in [9.17, 15) is 20.1 Å². The molecule has 5 nitrogen and oxygen atoms in total. The van der Waals surface area contributed by atoms with Crippen LogP contribution in [-0.2, 0) is 6.54 Å². The molecule has 0 bridgehead atoms. The largest absolute Gasteiger partial charge is 0.274 e. The molecule has 0 spiro atoms. The molecule has 0 saturated carbocycles. The molecular weight excluding hydrogens is 490 g/mol. The average Bonchev–Trinajstić information content (AvgIpc) is 2.94. The van der Waals surface area contributed by atoms with Crippen LogP contribution in [0, 0.1) is 22.7 Å². The predicted molar refractivity (Wildman–Crippen MR) is 157 cm³/mol. The van der Waals surface area contributed by atoms with Crippen molar-refractivity contribution in [2.24, 2.45) is 0 Å². The molecule has 3 aromatic carbocycles. The molecule has 2 heterocycles. The van der Waals surface area contributed by atoms with Gasteiger partial charge in [0.15, 0.2) is 0 Å². The standard InChI is InChI=1S/C32H31N3O2S/c1-2-3-4-5-6-7-8-9-10-11-16-35-31(36)24-14-13-23-25-17-21(19-33)12-15-27(25)38-30-22(20-34)18-26(32(35)37)28(24)29(23)30/h12-15,17-18H,2-11,16H2,1H3. The summed E-state index contributed by atoms with van der Waals surface area (Å²) >= 11 is 1.46. The van der Waals surface area contributed by atoms with Crippen LogP contribution >= 0.6 is 11.3 Å². The molecule has 0 aliphatic rings. The maximum Gasteiger partial charge on any atom is 0.261 e. The van der Waals surface area contributed by atoms with E-state index in [4.69, 9.17) is 0 Å². The van der Waals surface area contributed by atoms with Crippen molar-refractivity contribution < 1.29 is 0 Å². The summed E-state index contributed by atoms with van der Waals surface area (Å²) in [5.41, 5.74) is 0.401. The van der Waals surface area contributed by atoms with Crippen LogP contribution in [0.1, 0.15) is 82.3 Å². The van der Waals surface area contributed by atoms with Crippen molar-refractivity contribution in [3.8, 4) is 12.1 Å². The number of fused-ring (bicyclic) bond motifs is 2. The van der Waals surface area contributed by atoms with E-state index in [1.807, 2.05) is 18.2 Å². The van der Waals surface area contributed by atoms with Crippen molar-refractivity contribution in [3.63, 3.8) is 0 Å². The molecule has 2 aromatic heterocycles. The van der Waals surface area contributed by atoms with E-state index in [2.05, 4.69) is 19.1 Å². The predicted octanol–water partition coefficient (Wildman–Crippen LogP) is 7.98. The summed E-state index contributed by atoms with van der Waals surface area (Å²) in [6.45, 7) is 2.62. The SMILES string of the molecule is CCCCCCCCCCCCn1c(=O)c2ccc3c4cc(C#N)ccc4sc4c(C#N)cc(c1=O)c2c43. The summed E-state index contributed by atoms with van der Waals surface area (Å²) in [6, 6.07) is 15.3. The second kappa shape index (κ2) is 11.3. The summed E-state index contributed by atoms with van der Waals surface area (Å²) < 4.78 is 3.08. The monoisotopic (exact) mass is 521 g/mol. The fraction of sp³-hybridized carbons (Fsp3) is 0.375. The van der Waals surface area contributed by atoms with Gasteiger partial charge in [-0.1, -0.05) is 70.8 Å². The Morgan fingerprint density at radius 1 is 0.711 bits per heavy atom. The van der Waals surface area contributed by atoms with Crippen LogP contribution in [0.3, 0.4) is 0 Å². The van der Waals surface area contributed by atoms with E-state index in [0.29, 0.717) is 33.8 Å². The van der Waals surface area contributed by atoms with Crippen LogP contribution in [0.4, 0.5) is 0 Å². The van der Waals surface area contributed by atoms with E-state index in [1.165, 1.54) is 60.8 Å². The first-order valence-electron chi connectivity index (χ1n) is 13.7. The lowest BCUT2D eigenvalue weighted by molar-refractivity contribution is 0.527. The topological polar surface area (TPSA) is 86.7 Å². The van der Waals surface area contributed by atoms with Gasteiger partial charge in [-0.3, -0.25) is 14.2 Å². The van der Waals surface area contributed by atoms with Gasteiger partial charge in [0.05, 0.1) is 27.3 Å². The van der Waals surface area contributed by atoms with E-state index in [0.717, 1.165) is 44.8 Å². The molecule has 5 rings (SSSR count). The van der Waals surface area contributed by atoms with Crippen LogP contribution in [0.2, 0.25) is 0 Å². The van der Waals surface area contributed by atoms with E-state index in [-0.39, 0.29) is 11.1 Å². The zero-order valence-electron chi connectivity index (χ0n) is 21.8. The van der Waals surface area contributed by atoms with Crippen LogP contribution in [0.15, 0.2) is 46.0 Å². The first-order chi connectivity index (χ1) is 18.6. The molecule has 5 aromatic rings. The highest BCUT2D eigenvalue weighted by Gasteiger charge is 2.20.